The topological polar surface area (TPSA) is 78.5 Å². The zero-order chi connectivity index (χ0) is 17.8. The summed E-state index contributed by atoms with van der Waals surface area (Å²) < 4.78 is 5.62. The highest BCUT2D eigenvalue weighted by atomic mass is 16.5. The number of aliphatic carboxylic acids is 1. The Hall–Kier alpha value is -2.04. The molecule has 0 radical (unpaired) electrons. The zero-order valence-corrected chi connectivity index (χ0v) is 14.7. The molecule has 0 unspecified atom stereocenters. The quantitative estimate of drug-likeness (QED) is 0.863. The third kappa shape index (κ3) is 5.58. The molecule has 0 saturated carbocycles. The molecule has 1 rings (SSSR count). The van der Waals surface area contributed by atoms with E-state index in [1.54, 1.807) is 13.8 Å². The van der Waals surface area contributed by atoms with Crippen molar-refractivity contribution in [2.45, 2.75) is 53.0 Å². The number of nitrogens with one attached hydrogen (secondary N) is 1. The Morgan fingerprint density at radius 2 is 1.87 bits per heavy atom. The Morgan fingerprint density at radius 1 is 1.26 bits per heavy atom. The predicted octanol–water partition coefficient (Wildman–Crippen LogP) is 1.56. The van der Waals surface area contributed by atoms with Crippen LogP contribution in [0.15, 0.2) is 18.2 Å². The van der Waals surface area contributed by atoms with E-state index in [1.165, 1.54) is 0 Å². The van der Waals surface area contributed by atoms with Gasteiger partial charge in [-0.15, -0.1) is 0 Å². The molecule has 1 N–H and O–H groups in total. The fraction of sp³-hybridized carbons (Fsp3) is 0.556. The molecule has 0 spiro atoms. The highest BCUT2D eigenvalue weighted by molar-refractivity contribution is 5.83. The molecule has 0 aliphatic carbocycles. The fourth-order valence-corrected chi connectivity index (χ4v) is 2.21. The van der Waals surface area contributed by atoms with Gasteiger partial charge in [0.2, 0.25) is 0 Å². The Labute approximate surface area is 138 Å². The fourth-order valence-electron chi connectivity index (χ4n) is 2.21. The van der Waals surface area contributed by atoms with Crippen molar-refractivity contribution in [3.63, 3.8) is 0 Å². The standard InChI is InChI=1S/C18H27NO4/c1-11(2)16(17(21)22)19-15(20)10-23-14-8-7-12(3)9-13(14)18(4,5)6/h7-9,11,16H,10H2,1-6H3,(H,19,20)(H,21,22)/p-1/t16-/m0/s1. The van der Waals surface area contributed by atoms with Crippen LogP contribution in [-0.2, 0) is 15.0 Å². The van der Waals surface area contributed by atoms with Crippen LogP contribution in [0.3, 0.4) is 0 Å². The first-order valence-electron chi connectivity index (χ1n) is 7.76. The molecule has 0 saturated heterocycles. The Bertz CT molecular complexity index is 573. The summed E-state index contributed by atoms with van der Waals surface area (Å²) >= 11 is 0. The number of hydrogen-bond donors (Lipinski definition) is 1. The summed E-state index contributed by atoms with van der Waals surface area (Å²) in [6, 6.07) is 4.76. The number of benzene rings is 1. The smallest absolute Gasteiger partial charge is 0.258 e. The molecule has 0 aliphatic heterocycles. The number of carboxylic acids is 1. The summed E-state index contributed by atoms with van der Waals surface area (Å²) in [6.07, 6.45) is 0. The van der Waals surface area contributed by atoms with Crippen LogP contribution in [0, 0.1) is 12.8 Å². The van der Waals surface area contributed by atoms with Crippen LogP contribution in [-0.4, -0.2) is 24.5 Å². The van der Waals surface area contributed by atoms with E-state index in [1.807, 2.05) is 25.1 Å². The average Bonchev–Trinajstić information content (AvgIpc) is 2.41. The van der Waals surface area contributed by atoms with Crippen LogP contribution in [0.1, 0.15) is 45.7 Å². The lowest BCUT2D eigenvalue weighted by Gasteiger charge is -2.25. The van der Waals surface area contributed by atoms with E-state index >= 15 is 0 Å². The lowest BCUT2D eigenvalue weighted by Crippen LogP contribution is -2.51. The highest BCUT2D eigenvalue weighted by Crippen LogP contribution is 2.32. The second kappa shape index (κ2) is 7.49. The highest BCUT2D eigenvalue weighted by Gasteiger charge is 2.21. The van der Waals surface area contributed by atoms with Crippen LogP contribution >= 0.6 is 0 Å². The maximum absolute atomic E-state index is 11.9. The monoisotopic (exact) mass is 320 g/mol. The molecule has 5 heteroatoms. The molecule has 1 aromatic rings. The number of aryl methyl sites for hydroxylation is 1. The van der Waals surface area contributed by atoms with Gasteiger partial charge in [-0.05, 0) is 29.9 Å². The van der Waals surface area contributed by atoms with Gasteiger partial charge in [0, 0.05) is 0 Å². The molecule has 1 atom stereocenters. The van der Waals surface area contributed by atoms with Crippen LogP contribution in [0.5, 0.6) is 5.75 Å². The van der Waals surface area contributed by atoms with Gasteiger partial charge in [0.15, 0.2) is 6.61 Å². The van der Waals surface area contributed by atoms with Crippen molar-refractivity contribution in [1.29, 1.82) is 0 Å². The van der Waals surface area contributed by atoms with Crippen molar-refractivity contribution in [3.05, 3.63) is 29.3 Å². The molecule has 1 aromatic carbocycles. The van der Waals surface area contributed by atoms with Gasteiger partial charge in [-0.2, -0.15) is 0 Å². The average molecular weight is 320 g/mol. The van der Waals surface area contributed by atoms with Crippen molar-refractivity contribution in [2.75, 3.05) is 6.61 Å². The van der Waals surface area contributed by atoms with E-state index in [0.29, 0.717) is 5.75 Å². The number of ether oxygens (including phenoxy) is 1. The van der Waals surface area contributed by atoms with E-state index < -0.39 is 17.9 Å². The summed E-state index contributed by atoms with van der Waals surface area (Å²) in [6.45, 7) is 11.4. The molecular weight excluding hydrogens is 294 g/mol. The molecule has 0 bridgehead atoms. The first kappa shape index (κ1) is 19.0. The van der Waals surface area contributed by atoms with Gasteiger partial charge in [-0.25, -0.2) is 0 Å². The third-order valence-electron chi connectivity index (χ3n) is 3.54. The molecule has 5 nitrogen and oxygen atoms in total. The van der Waals surface area contributed by atoms with Crippen molar-refractivity contribution < 1.29 is 19.4 Å². The normalized spacial score (nSPS) is 12.8. The molecule has 0 aliphatic rings. The minimum Gasteiger partial charge on any atom is -0.548 e. The van der Waals surface area contributed by atoms with E-state index in [2.05, 4.69) is 26.1 Å². The second-order valence-corrected chi connectivity index (χ2v) is 7.15. The second-order valence-electron chi connectivity index (χ2n) is 7.15. The van der Waals surface area contributed by atoms with E-state index in [9.17, 15) is 14.7 Å². The molecule has 0 fully saturated rings. The summed E-state index contributed by atoms with van der Waals surface area (Å²) in [5.74, 6) is -1.39. The number of carbonyl (C=O) groups is 2. The van der Waals surface area contributed by atoms with Crippen LogP contribution in [0.2, 0.25) is 0 Å². The summed E-state index contributed by atoms with van der Waals surface area (Å²) in [5.41, 5.74) is 2.00. The third-order valence-corrected chi connectivity index (χ3v) is 3.54. The van der Waals surface area contributed by atoms with E-state index in [0.717, 1.165) is 11.1 Å². The van der Waals surface area contributed by atoms with Gasteiger partial charge in [0.05, 0.1) is 12.0 Å². The molecule has 128 valence electrons. The zero-order valence-electron chi connectivity index (χ0n) is 14.7. The van der Waals surface area contributed by atoms with Crippen molar-refractivity contribution in [3.8, 4) is 5.75 Å². The summed E-state index contributed by atoms with van der Waals surface area (Å²) in [5, 5.41) is 13.4. The van der Waals surface area contributed by atoms with Gasteiger partial charge >= 0.3 is 0 Å². The van der Waals surface area contributed by atoms with Gasteiger partial charge in [0.1, 0.15) is 5.75 Å². The van der Waals surface area contributed by atoms with Gasteiger partial charge in [0.25, 0.3) is 5.91 Å². The molecule has 23 heavy (non-hydrogen) atoms. The first-order valence-corrected chi connectivity index (χ1v) is 7.76. The Morgan fingerprint density at radius 3 is 2.35 bits per heavy atom. The number of hydrogen-bond acceptors (Lipinski definition) is 4. The van der Waals surface area contributed by atoms with Crippen LogP contribution in [0.4, 0.5) is 0 Å². The Kier molecular flexibility index (Phi) is 6.19. The number of carbonyl (C=O) groups excluding carboxylic acids is 2. The number of amides is 1. The van der Waals surface area contributed by atoms with Crippen molar-refractivity contribution >= 4 is 11.9 Å². The minimum atomic E-state index is -1.29. The van der Waals surface area contributed by atoms with E-state index in [-0.39, 0.29) is 17.9 Å². The maximum Gasteiger partial charge on any atom is 0.258 e. The largest absolute Gasteiger partial charge is 0.548 e. The van der Waals surface area contributed by atoms with Crippen LogP contribution in [0.25, 0.3) is 0 Å². The predicted molar refractivity (Wildman–Crippen MR) is 87.1 cm³/mol. The van der Waals surface area contributed by atoms with Crippen LogP contribution < -0.4 is 15.2 Å². The lowest BCUT2D eigenvalue weighted by molar-refractivity contribution is -0.309. The van der Waals surface area contributed by atoms with Crippen molar-refractivity contribution in [2.24, 2.45) is 5.92 Å². The molecule has 0 heterocycles. The summed E-state index contributed by atoms with van der Waals surface area (Å²) in [7, 11) is 0. The van der Waals surface area contributed by atoms with Gasteiger partial charge in [-0.1, -0.05) is 52.3 Å². The molecular formula is C18H26NO4-. The minimum absolute atomic E-state index is 0.122. The number of carboxylic acid groups (broad SMARTS) is 1. The Balaban J connectivity index is 2.79. The van der Waals surface area contributed by atoms with Gasteiger partial charge in [-0.3, -0.25) is 4.79 Å². The molecule has 1 amide bonds. The molecule has 0 aromatic heterocycles. The maximum atomic E-state index is 11.9. The SMILES string of the molecule is Cc1ccc(OCC(=O)N[C@H](C(=O)[O-])C(C)C)c(C(C)(C)C)c1. The van der Waals surface area contributed by atoms with E-state index in [4.69, 9.17) is 4.74 Å². The summed E-state index contributed by atoms with van der Waals surface area (Å²) in [4.78, 5) is 22.9. The van der Waals surface area contributed by atoms with Gasteiger partial charge < -0.3 is 20.0 Å². The first-order chi connectivity index (χ1) is 10.5. The lowest BCUT2D eigenvalue weighted by atomic mass is 9.85. The van der Waals surface area contributed by atoms with Crippen molar-refractivity contribution in [1.82, 2.24) is 5.32 Å². The number of rotatable bonds is 6.